The van der Waals surface area contributed by atoms with Crippen LogP contribution in [-0.2, 0) is 11.3 Å². The number of hydrogen-bond donors (Lipinski definition) is 2. The topological polar surface area (TPSA) is 71.1 Å². The number of oxime groups is 1. The van der Waals surface area contributed by atoms with Crippen molar-refractivity contribution in [2.45, 2.75) is 32.9 Å². The molecular weight excluding hydrogens is 254 g/mol. The molecule has 1 aliphatic heterocycles. The van der Waals surface area contributed by atoms with Gasteiger partial charge in [0.15, 0.2) is 5.84 Å². The number of benzene rings is 1. The molecule has 20 heavy (non-hydrogen) atoms. The SMILES string of the molecule is CCC1COCCN1Cc1ccc(/C(N)=N/O)cc1C. The highest BCUT2D eigenvalue weighted by Crippen LogP contribution is 2.18. The van der Waals surface area contributed by atoms with Crippen LogP contribution >= 0.6 is 0 Å². The number of aryl methyl sites for hydroxylation is 1. The molecule has 110 valence electrons. The Hall–Kier alpha value is -1.59. The monoisotopic (exact) mass is 277 g/mol. The van der Waals surface area contributed by atoms with E-state index < -0.39 is 0 Å². The average molecular weight is 277 g/mol. The maximum Gasteiger partial charge on any atom is 0.170 e. The van der Waals surface area contributed by atoms with Crippen LogP contribution < -0.4 is 5.73 Å². The number of rotatable bonds is 4. The van der Waals surface area contributed by atoms with E-state index in [9.17, 15) is 0 Å². The van der Waals surface area contributed by atoms with Crippen LogP contribution in [-0.4, -0.2) is 41.7 Å². The van der Waals surface area contributed by atoms with Gasteiger partial charge in [-0.2, -0.15) is 0 Å². The van der Waals surface area contributed by atoms with Gasteiger partial charge in [-0.25, -0.2) is 0 Å². The summed E-state index contributed by atoms with van der Waals surface area (Å²) in [5.41, 5.74) is 8.81. The average Bonchev–Trinajstić information content (AvgIpc) is 2.49. The standard InChI is InChI=1S/C15H23N3O2/c1-3-14-10-20-7-6-18(14)9-13-5-4-12(8-11(13)2)15(16)17-19/h4-5,8,14,19H,3,6-7,9-10H2,1-2H3,(H2,16,17). The number of nitrogens with two attached hydrogens (primary N) is 1. The minimum Gasteiger partial charge on any atom is -0.409 e. The van der Waals surface area contributed by atoms with Crippen molar-refractivity contribution in [2.24, 2.45) is 10.9 Å². The lowest BCUT2D eigenvalue weighted by Crippen LogP contribution is -2.44. The molecule has 5 nitrogen and oxygen atoms in total. The fourth-order valence-corrected chi connectivity index (χ4v) is 2.58. The van der Waals surface area contributed by atoms with E-state index >= 15 is 0 Å². The first kappa shape index (κ1) is 14.8. The molecule has 1 saturated heterocycles. The van der Waals surface area contributed by atoms with Crippen LogP contribution in [0.15, 0.2) is 23.4 Å². The predicted octanol–water partition coefficient (Wildman–Crippen LogP) is 1.70. The number of nitrogens with zero attached hydrogens (tertiary/aromatic N) is 2. The molecule has 1 heterocycles. The molecule has 1 aromatic carbocycles. The zero-order valence-electron chi connectivity index (χ0n) is 12.2. The van der Waals surface area contributed by atoms with Gasteiger partial charge in [-0.05, 0) is 30.5 Å². The summed E-state index contributed by atoms with van der Waals surface area (Å²) < 4.78 is 5.53. The van der Waals surface area contributed by atoms with E-state index in [0.717, 1.165) is 43.9 Å². The van der Waals surface area contributed by atoms with Gasteiger partial charge in [-0.15, -0.1) is 0 Å². The number of morpholine rings is 1. The van der Waals surface area contributed by atoms with Gasteiger partial charge in [-0.3, -0.25) is 4.90 Å². The van der Waals surface area contributed by atoms with Crippen molar-refractivity contribution in [2.75, 3.05) is 19.8 Å². The molecule has 1 aromatic rings. The Morgan fingerprint density at radius 2 is 2.35 bits per heavy atom. The summed E-state index contributed by atoms with van der Waals surface area (Å²) in [5, 5.41) is 11.8. The summed E-state index contributed by atoms with van der Waals surface area (Å²) in [4.78, 5) is 2.47. The summed E-state index contributed by atoms with van der Waals surface area (Å²) in [6, 6.07) is 6.42. The molecule has 0 amide bonds. The van der Waals surface area contributed by atoms with E-state index in [2.05, 4.69) is 30.0 Å². The lowest BCUT2D eigenvalue weighted by atomic mass is 10.0. The van der Waals surface area contributed by atoms with E-state index in [1.165, 1.54) is 5.56 Å². The zero-order chi connectivity index (χ0) is 14.5. The van der Waals surface area contributed by atoms with Gasteiger partial charge in [0, 0.05) is 24.7 Å². The van der Waals surface area contributed by atoms with Gasteiger partial charge < -0.3 is 15.7 Å². The maximum atomic E-state index is 8.72. The van der Waals surface area contributed by atoms with Crippen molar-refractivity contribution in [3.63, 3.8) is 0 Å². The molecule has 0 radical (unpaired) electrons. The van der Waals surface area contributed by atoms with Gasteiger partial charge in [0.05, 0.1) is 13.2 Å². The van der Waals surface area contributed by atoms with Crippen LogP contribution in [0, 0.1) is 6.92 Å². The Bertz CT molecular complexity index is 488. The summed E-state index contributed by atoms with van der Waals surface area (Å²) in [6.07, 6.45) is 1.10. The van der Waals surface area contributed by atoms with Gasteiger partial charge in [0.1, 0.15) is 0 Å². The third-order valence-corrected chi connectivity index (χ3v) is 3.94. The minimum absolute atomic E-state index is 0.150. The molecule has 2 rings (SSSR count). The Labute approximate surface area is 120 Å². The third-order valence-electron chi connectivity index (χ3n) is 3.94. The minimum atomic E-state index is 0.150. The van der Waals surface area contributed by atoms with Crippen LogP contribution in [0.2, 0.25) is 0 Å². The Kier molecular flexibility index (Phi) is 4.98. The van der Waals surface area contributed by atoms with E-state index in [0.29, 0.717) is 6.04 Å². The third kappa shape index (κ3) is 3.29. The quantitative estimate of drug-likeness (QED) is 0.380. The lowest BCUT2D eigenvalue weighted by molar-refractivity contribution is -0.0128. The molecule has 0 saturated carbocycles. The fourth-order valence-electron chi connectivity index (χ4n) is 2.58. The van der Waals surface area contributed by atoms with Gasteiger partial charge >= 0.3 is 0 Å². The normalized spacial score (nSPS) is 21.1. The van der Waals surface area contributed by atoms with Crippen molar-refractivity contribution < 1.29 is 9.94 Å². The molecule has 0 spiro atoms. The second-order valence-corrected chi connectivity index (χ2v) is 5.23. The van der Waals surface area contributed by atoms with Crippen molar-refractivity contribution >= 4 is 5.84 Å². The number of ether oxygens (including phenoxy) is 1. The molecule has 1 unspecified atom stereocenters. The highest BCUT2D eigenvalue weighted by atomic mass is 16.5. The summed E-state index contributed by atoms with van der Waals surface area (Å²) >= 11 is 0. The Morgan fingerprint density at radius 3 is 3.00 bits per heavy atom. The number of hydrogen-bond acceptors (Lipinski definition) is 4. The summed E-state index contributed by atoms with van der Waals surface area (Å²) in [7, 11) is 0. The van der Waals surface area contributed by atoms with E-state index in [4.69, 9.17) is 15.7 Å². The first-order valence-corrected chi connectivity index (χ1v) is 7.05. The largest absolute Gasteiger partial charge is 0.409 e. The van der Waals surface area contributed by atoms with Gasteiger partial charge in [0.2, 0.25) is 0 Å². The van der Waals surface area contributed by atoms with Crippen molar-refractivity contribution in [3.05, 3.63) is 34.9 Å². The van der Waals surface area contributed by atoms with Crippen LogP contribution in [0.1, 0.15) is 30.0 Å². The number of amidine groups is 1. The molecule has 3 N–H and O–H groups in total. The second kappa shape index (κ2) is 6.72. The lowest BCUT2D eigenvalue weighted by Gasteiger charge is -2.35. The zero-order valence-corrected chi connectivity index (χ0v) is 12.2. The summed E-state index contributed by atoms with van der Waals surface area (Å²) in [6.45, 7) is 7.77. The molecule has 0 bridgehead atoms. The molecule has 1 aliphatic rings. The molecule has 0 aliphatic carbocycles. The smallest absolute Gasteiger partial charge is 0.170 e. The van der Waals surface area contributed by atoms with E-state index in [1.807, 2.05) is 12.1 Å². The van der Waals surface area contributed by atoms with Crippen molar-refractivity contribution in [1.29, 1.82) is 0 Å². The van der Waals surface area contributed by atoms with E-state index in [-0.39, 0.29) is 5.84 Å². The van der Waals surface area contributed by atoms with E-state index in [1.54, 1.807) is 0 Å². The molecule has 0 aromatic heterocycles. The van der Waals surface area contributed by atoms with Crippen LogP contribution in [0.4, 0.5) is 0 Å². The van der Waals surface area contributed by atoms with Gasteiger partial charge in [-0.1, -0.05) is 24.2 Å². The second-order valence-electron chi connectivity index (χ2n) is 5.23. The van der Waals surface area contributed by atoms with Crippen LogP contribution in [0.3, 0.4) is 0 Å². The van der Waals surface area contributed by atoms with Crippen molar-refractivity contribution in [1.82, 2.24) is 4.90 Å². The molecule has 5 heteroatoms. The Morgan fingerprint density at radius 1 is 1.55 bits per heavy atom. The predicted molar refractivity (Wildman–Crippen MR) is 79.0 cm³/mol. The molecule has 1 atom stereocenters. The maximum absolute atomic E-state index is 8.72. The van der Waals surface area contributed by atoms with Crippen LogP contribution in [0.5, 0.6) is 0 Å². The highest BCUT2D eigenvalue weighted by molar-refractivity contribution is 5.97. The molecule has 1 fully saturated rings. The first-order valence-electron chi connectivity index (χ1n) is 7.05. The van der Waals surface area contributed by atoms with Gasteiger partial charge in [0.25, 0.3) is 0 Å². The first-order chi connectivity index (χ1) is 9.65. The van der Waals surface area contributed by atoms with Crippen molar-refractivity contribution in [3.8, 4) is 0 Å². The fraction of sp³-hybridized carbons (Fsp3) is 0.533. The molecular formula is C15H23N3O2. The Balaban J connectivity index is 2.13. The highest BCUT2D eigenvalue weighted by Gasteiger charge is 2.21. The summed E-state index contributed by atoms with van der Waals surface area (Å²) in [5.74, 6) is 0.150. The van der Waals surface area contributed by atoms with Crippen LogP contribution in [0.25, 0.3) is 0 Å².